The number of ketones is 1. The predicted octanol–water partition coefficient (Wildman–Crippen LogP) is 4.55. The first-order valence-corrected chi connectivity index (χ1v) is 8.89. The molecule has 0 atom stereocenters. The number of hydrogen-bond donors (Lipinski definition) is 2. The molecule has 2 N–H and O–H groups in total. The fourth-order valence-electron chi connectivity index (χ4n) is 3.23. The summed E-state index contributed by atoms with van der Waals surface area (Å²) in [6, 6.07) is 13.4. The second kappa shape index (κ2) is 6.96. The minimum Gasteiger partial charge on any atom is -0.477 e. The third-order valence-corrected chi connectivity index (χ3v) is 4.50. The van der Waals surface area contributed by atoms with Crippen molar-refractivity contribution >= 4 is 34.3 Å². The molecule has 0 unspecified atom stereocenters. The van der Waals surface area contributed by atoms with Crippen LogP contribution in [0.15, 0.2) is 48.5 Å². The Morgan fingerprint density at radius 3 is 2.07 bits per heavy atom. The average Bonchev–Trinajstić information content (AvgIpc) is 3.01. The minimum absolute atomic E-state index is 0.0602. The number of aromatic nitrogens is 1. The number of anilines is 1. The molecule has 0 aliphatic heterocycles. The molecule has 0 saturated carbocycles. The van der Waals surface area contributed by atoms with Crippen LogP contribution in [-0.4, -0.2) is 27.3 Å². The van der Waals surface area contributed by atoms with Crippen molar-refractivity contribution in [3.05, 3.63) is 65.4 Å². The Hall–Kier alpha value is -3.41. The summed E-state index contributed by atoms with van der Waals surface area (Å²) in [7, 11) is 0. The number of rotatable bonds is 4. The molecule has 1 amide bonds. The van der Waals surface area contributed by atoms with Crippen LogP contribution < -0.4 is 5.32 Å². The van der Waals surface area contributed by atoms with E-state index in [1.807, 2.05) is 26.8 Å². The molecule has 1 heterocycles. The van der Waals surface area contributed by atoms with Crippen LogP contribution in [0.25, 0.3) is 10.9 Å². The number of carboxylic acid groups (broad SMARTS) is 1. The molecule has 1 aromatic heterocycles. The highest BCUT2D eigenvalue weighted by atomic mass is 16.4. The molecule has 0 aliphatic carbocycles. The van der Waals surface area contributed by atoms with Crippen LogP contribution in [0, 0.1) is 0 Å². The third kappa shape index (κ3) is 3.67. The fourth-order valence-corrected chi connectivity index (χ4v) is 3.23. The van der Waals surface area contributed by atoms with Gasteiger partial charge in [0, 0.05) is 33.3 Å². The van der Waals surface area contributed by atoms with Crippen molar-refractivity contribution < 1.29 is 19.5 Å². The highest BCUT2D eigenvalue weighted by Gasteiger charge is 2.23. The lowest BCUT2D eigenvalue weighted by atomic mass is 10.1. The van der Waals surface area contributed by atoms with E-state index in [1.165, 1.54) is 6.92 Å². The van der Waals surface area contributed by atoms with Gasteiger partial charge in [-0.15, -0.1) is 0 Å². The first-order chi connectivity index (χ1) is 13.1. The molecule has 3 rings (SSSR count). The zero-order chi connectivity index (χ0) is 20.6. The number of aromatic carboxylic acids is 1. The zero-order valence-corrected chi connectivity index (χ0v) is 16.2. The summed E-state index contributed by atoms with van der Waals surface area (Å²) in [5, 5.41) is 13.1. The highest BCUT2D eigenvalue weighted by Crippen LogP contribution is 2.29. The summed E-state index contributed by atoms with van der Waals surface area (Å²) in [5.74, 6) is -1.36. The number of carbonyl (C=O) groups excluding carboxylic acids is 2. The average molecular weight is 378 g/mol. The lowest BCUT2D eigenvalue weighted by Crippen LogP contribution is -2.25. The fraction of sp³-hybridized carbons (Fsp3) is 0.227. The van der Waals surface area contributed by atoms with E-state index < -0.39 is 11.5 Å². The molecule has 0 spiro atoms. The molecule has 0 saturated heterocycles. The van der Waals surface area contributed by atoms with Crippen LogP contribution in [0.2, 0.25) is 0 Å². The van der Waals surface area contributed by atoms with Crippen molar-refractivity contribution in [1.82, 2.24) is 4.57 Å². The number of benzene rings is 2. The highest BCUT2D eigenvalue weighted by molar-refractivity contribution is 6.06. The van der Waals surface area contributed by atoms with Crippen LogP contribution in [0.1, 0.15) is 58.9 Å². The van der Waals surface area contributed by atoms with Crippen molar-refractivity contribution in [3.8, 4) is 0 Å². The number of nitrogens with one attached hydrogen (secondary N) is 1. The number of Topliss-reactive ketones (excluding diaryl/α,β-unsaturated/α-hetero) is 1. The van der Waals surface area contributed by atoms with Gasteiger partial charge in [-0.2, -0.15) is 0 Å². The Balaban J connectivity index is 1.93. The standard InChI is InChI=1S/C22H22N2O4/c1-13(25)14-5-7-15(8-6-14)20(26)23-17-9-10-18-16(11-17)12-19(21(27)28)24(18)22(2,3)4/h5-12H,1-4H3,(H,23,26)(H,27,28). The normalized spacial score (nSPS) is 11.4. The second-order valence-electron chi connectivity index (χ2n) is 7.70. The SMILES string of the molecule is CC(=O)c1ccc(C(=O)Nc2ccc3c(c2)cc(C(=O)O)n3C(C)(C)C)cc1. The maximum absolute atomic E-state index is 12.5. The van der Waals surface area contributed by atoms with E-state index >= 15 is 0 Å². The summed E-state index contributed by atoms with van der Waals surface area (Å²) in [4.78, 5) is 35.5. The molecule has 2 aromatic carbocycles. The monoisotopic (exact) mass is 378 g/mol. The zero-order valence-electron chi connectivity index (χ0n) is 16.2. The number of carboxylic acids is 1. The topological polar surface area (TPSA) is 88.4 Å². The predicted molar refractivity (Wildman–Crippen MR) is 108 cm³/mol. The summed E-state index contributed by atoms with van der Waals surface area (Å²) >= 11 is 0. The van der Waals surface area contributed by atoms with E-state index in [4.69, 9.17) is 0 Å². The van der Waals surface area contributed by atoms with E-state index in [0.717, 1.165) is 10.9 Å². The summed E-state index contributed by atoms with van der Waals surface area (Å²) in [5.41, 5.74) is 2.13. The maximum atomic E-state index is 12.5. The van der Waals surface area contributed by atoms with Crippen molar-refractivity contribution in [1.29, 1.82) is 0 Å². The van der Waals surface area contributed by atoms with Crippen molar-refractivity contribution in [2.24, 2.45) is 0 Å². The van der Waals surface area contributed by atoms with Gasteiger partial charge in [-0.05, 0) is 64.1 Å². The number of nitrogens with zero attached hydrogens (tertiary/aromatic N) is 1. The Morgan fingerprint density at radius 2 is 1.54 bits per heavy atom. The Morgan fingerprint density at radius 1 is 0.929 bits per heavy atom. The van der Waals surface area contributed by atoms with Gasteiger partial charge in [0.1, 0.15) is 5.69 Å². The summed E-state index contributed by atoms with van der Waals surface area (Å²) < 4.78 is 1.77. The van der Waals surface area contributed by atoms with Gasteiger partial charge < -0.3 is 15.0 Å². The van der Waals surface area contributed by atoms with Crippen LogP contribution >= 0.6 is 0 Å². The molecule has 0 aliphatic rings. The van der Waals surface area contributed by atoms with E-state index in [0.29, 0.717) is 16.8 Å². The van der Waals surface area contributed by atoms with Gasteiger partial charge in [0.05, 0.1) is 0 Å². The summed E-state index contributed by atoms with van der Waals surface area (Å²) in [6.45, 7) is 7.30. The number of carbonyl (C=O) groups is 3. The van der Waals surface area contributed by atoms with Crippen molar-refractivity contribution in [2.45, 2.75) is 33.2 Å². The van der Waals surface area contributed by atoms with Gasteiger partial charge in [-0.25, -0.2) is 4.79 Å². The first-order valence-electron chi connectivity index (χ1n) is 8.89. The van der Waals surface area contributed by atoms with Crippen molar-refractivity contribution in [3.63, 3.8) is 0 Å². The Bertz CT molecular complexity index is 1090. The minimum atomic E-state index is -0.998. The lowest BCUT2D eigenvalue weighted by Gasteiger charge is -2.24. The van der Waals surface area contributed by atoms with Gasteiger partial charge >= 0.3 is 5.97 Å². The molecular formula is C22H22N2O4. The lowest BCUT2D eigenvalue weighted by molar-refractivity contribution is 0.0679. The Labute approximate surface area is 162 Å². The third-order valence-electron chi connectivity index (χ3n) is 4.50. The number of hydrogen-bond acceptors (Lipinski definition) is 3. The van der Waals surface area contributed by atoms with E-state index in [1.54, 1.807) is 47.0 Å². The molecule has 6 nitrogen and oxygen atoms in total. The second-order valence-corrected chi connectivity index (χ2v) is 7.70. The van der Waals surface area contributed by atoms with Crippen LogP contribution in [0.3, 0.4) is 0 Å². The summed E-state index contributed by atoms with van der Waals surface area (Å²) in [6.07, 6.45) is 0. The molecule has 28 heavy (non-hydrogen) atoms. The number of fused-ring (bicyclic) bond motifs is 1. The Kier molecular flexibility index (Phi) is 4.81. The van der Waals surface area contributed by atoms with Gasteiger partial charge in [-0.3, -0.25) is 9.59 Å². The van der Waals surface area contributed by atoms with Crippen LogP contribution in [0.5, 0.6) is 0 Å². The van der Waals surface area contributed by atoms with Gasteiger partial charge in [0.25, 0.3) is 5.91 Å². The van der Waals surface area contributed by atoms with Gasteiger partial charge in [-0.1, -0.05) is 12.1 Å². The van der Waals surface area contributed by atoms with Crippen molar-refractivity contribution in [2.75, 3.05) is 5.32 Å². The smallest absolute Gasteiger partial charge is 0.352 e. The molecule has 0 fully saturated rings. The molecule has 0 radical (unpaired) electrons. The van der Waals surface area contributed by atoms with Gasteiger partial charge in [0.2, 0.25) is 0 Å². The van der Waals surface area contributed by atoms with Gasteiger partial charge in [0.15, 0.2) is 5.78 Å². The molecule has 144 valence electrons. The molecular weight excluding hydrogens is 356 g/mol. The molecule has 0 bridgehead atoms. The number of amides is 1. The first kappa shape index (κ1) is 19.4. The van der Waals surface area contributed by atoms with Crippen LogP contribution in [-0.2, 0) is 5.54 Å². The molecule has 6 heteroatoms. The maximum Gasteiger partial charge on any atom is 0.352 e. The van der Waals surface area contributed by atoms with E-state index in [9.17, 15) is 19.5 Å². The van der Waals surface area contributed by atoms with E-state index in [2.05, 4.69) is 5.32 Å². The molecule has 3 aromatic rings. The van der Waals surface area contributed by atoms with Crippen LogP contribution in [0.4, 0.5) is 5.69 Å². The van der Waals surface area contributed by atoms with E-state index in [-0.39, 0.29) is 17.4 Å². The quantitative estimate of drug-likeness (QED) is 0.652. The largest absolute Gasteiger partial charge is 0.477 e.